The Balaban J connectivity index is 3.93. The number of rotatable bonds is 4. The molecule has 0 unspecified atom stereocenters. The first-order chi connectivity index (χ1) is 7.26. The number of hydrogen-bond donors (Lipinski definition) is 1. The summed E-state index contributed by atoms with van der Waals surface area (Å²) in [6.45, 7) is 10.8. The maximum atomic E-state index is 11.2. The van der Waals surface area contributed by atoms with Gasteiger partial charge in [0.25, 0.3) is 0 Å². The van der Waals surface area contributed by atoms with Gasteiger partial charge in [0.15, 0.2) is 0 Å². The van der Waals surface area contributed by atoms with E-state index in [4.69, 9.17) is 9.47 Å². The van der Waals surface area contributed by atoms with Crippen LogP contribution in [0, 0.1) is 0 Å². The Labute approximate surface area is 95.8 Å². The molecule has 0 rings (SSSR count). The first kappa shape index (κ1) is 14.5. The molecule has 0 aliphatic heterocycles. The summed E-state index contributed by atoms with van der Waals surface area (Å²) in [6.07, 6.45) is -0.585. The van der Waals surface area contributed by atoms with Crippen LogP contribution in [0.3, 0.4) is 0 Å². The minimum Gasteiger partial charge on any atom is -0.463 e. The number of carbonyl (C=O) groups excluding carboxylic acids is 2. The third-order valence-electron chi connectivity index (χ3n) is 1.41. The topological polar surface area (TPSA) is 64.6 Å². The van der Waals surface area contributed by atoms with Gasteiger partial charge in [0.05, 0.1) is 13.2 Å². The molecular weight excluding hydrogens is 210 g/mol. The van der Waals surface area contributed by atoms with Crippen LogP contribution in [-0.4, -0.2) is 30.8 Å². The molecule has 5 nitrogen and oxygen atoms in total. The van der Waals surface area contributed by atoms with Gasteiger partial charge in [-0.2, -0.15) is 0 Å². The van der Waals surface area contributed by atoms with Crippen LogP contribution in [0.15, 0.2) is 12.2 Å². The third-order valence-corrected chi connectivity index (χ3v) is 1.41. The molecule has 0 saturated heterocycles. The molecule has 0 fully saturated rings. The summed E-state index contributed by atoms with van der Waals surface area (Å²) in [7, 11) is 0. The molecule has 0 atom stereocenters. The molecule has 0 radical (unpaired) electrons. The van der Waals surface area contributed by atoms with Crippen molar-refractivity contribution in [2.45, 2.75) is 33.3 Å². The van der Waals surface area contributed by atoms with Gasteiger partial charge in [0.2, 0.25) is 0 Å². The molecule has 0 aromatic rings. The van der Waals surface area contributed by atoms with Gasteiger partial charge in [-0.05, 0) is 27.7 Å². The van der Waals surface area contributed by atoms with Crippen LogP contribution in [0.5, 0.6) is 0 Å². The molecule has 92 valence electrons. The van der Waals surface area contributed by atoms with Gasteiger partial charge >= 0.3 is 12.1 Å². The lowest BCUT2D eigenvalue weighted by molar-refractivity contribution is -0.138. The summed E-state index contributed by atoms with van der Waals surface area (Å²) in [4.78, 5) is 22.3. The summed E-state index contributed by atoms with van der Waals surface area (Å²) in [5, 5.41) is 2.42. The van der Waals surface area contributed by atoms with E-state index in [1.54, 1.807) is 27.7 Å². The average Bonchev–Trinajstić information content (AvgIpc) is 2.11. The molecule has 1 N–H and O–H groups in total. The predicted octanol–water partition coefficient (Wildman–Crippen LogP) is 1.63. The fourth-order valence-corrected chi connectivity index (χ4v) is 0.798. The van der Waals surface area contributed by atoms with Gasteiger partial charge in [-0.15, -0.1) is 0 Å². The predicted molar refractivity (Wildman–Crippen MR) is 60.0 cm³/mol. The fourth-order valence-electron chi connectivity index (χ4n) is 0.798. The van der Waals surface area contributed by atoms with Crippen LogP contribution in [0.25, 0.3) is 0 Å². The first-order valence-electron chi connectivity index (χ1n) is 5.08. The zero-order chi connectivity index (χ0) is 12.8. The summed E-state index contributed by atoms with van der Waals surface area (Å²) < 4.78 is 9.69. The van der Waals surface area contributed by atoms with Gasteiger partial charge in [0.1, 0.15) is 5.60 Å². The number of nitrogens with one attached hydrogen (secondary N) is 1. The van der Waals surface area contributed by atoms with Crippen molar-refractivity contribution in [3.8, 4) is 0 Å². The van der Waals surface area contributed by atoms with Crippen molar-refractivity contribution in [2.24, 2.45) is 0 Å². The summed E-state index contributed by atoms with van der Waals surface area (Å²) in [6, 6.07) is 0. The SMILES string of the molecule is C=C(CNC(=O)OC(C)(C)C)C(=O)OCC. The van der Waals surface area contributed by atoms with Crippen LogP contribution < -0.4 is 5.32 Å². The van der Waals surface area contributed by atoms with Crippen molar-refractivity contribution < 1.29 is 19.1 Å². The van der Waals surface area contributed by atoms with E-state index in [0.29, 0.717) is 0 Å². The van der Waals surface area contributed by atoms with Crippen molar-refractivity contribution in [1.29, 1.82) is 0 Å². The van der Waals surface area contributed by atoms with E-state index in [0.717, 1.165) is 0 Å². The van der Waals surface area contributed by atoms with Crippen molar-refractivity contribution in [3.63, 3.8) is 0 Å². The van der Waals surface area contributed by atoms with E-state index in [1.807, 2.05) is 0 Å². The van der Waals surface area contributed by atoms with E-state index in [2.05, 4.69) is 11.9 Å². The third kappa shape index (κ3) is 6.86. The largest absolute Gasteiger partial charge is 0.463 e. The highest BCUT2D eigenvalue weighted by atomic mass is 16.6. The number of amides is 1. The second-order valence-corrected chi connectivity index (χ2v) is 4.18. The molecule has 0 heterocycles. The zero-order valence-corrected chi connectivity index (χ0v) is 10.3. The van der Waals surface area contributed by atoms with Crippen molar-refractivity contribution in [2.75, 3.05) is 13.2 Å². The Morgan fingerprint density at radius 2 is 1.88 bits per heavy atom. The minimum atomic E-state index is -0.585. The quantitative estimate of drug-likeness (QED) is 0.588. The molecule has 0 aromatic heterocycles. The fraction of sp³-hybridized carbons (Fsp3) is 0.636. The van der Waals surface area contributed by atoms with Crippen molar-refractivity contribution in [3.05, 3.63) is 12.2 Å². The molecule has 0 bridgehead atoms. The smallest absolute Gasteiger partial charge is 0.407 e. The highest BCUT2D eigenvalue weighted by Gasteiger charge is 2.16. The van der Waals surface area contributed by atoms with E-state index >= 15 is 0 Å². The maximum absolute atomic E-state index is 11.2. The van der Waals surface area contributed by atoms with Gasteiger partial charge in [-0.3, -0.25) is 0 Å². The summed E-state index contributed by atoms with van der Waals surface area (Å²) in [5.74, 6) is -0.515. The lowest BCUT2D eigenvalue weighted by atomic mass is 10.2. The number of esters is 1. The minimum absolute atomic E-state index is 0.0216. The second-order valence-electron chi connectivity index (χ2n) is 4.18. The summed E-state index contributed by atoms with van der Waals surface area (Å²) >= 11 is 0. The Bertz CT molecular complexity index is 278. The van der Waals surface area contributed by atoms with E-state index in [9.17, 15) is 9.59 Å². The standard InChI is InChI=1S/C11H19NO4/c1-6-15-9(13)8(2)7-12-10(14)16-11(3,4)5/h2,6-7H2,1,3-5H3,(H,12,14). The number of ether oxygens (including phenoxy) is 2. The lowest BCUT2D eigenvalue weighted by Gasteiger charge is -2.19. The molecular formula is C11H19NO4. The molecule has 0 aliphatic carbocycles. The second kappa shape index (κ2) is 6.15. The average molecular weight is 229 g/mol. The number of alkyl carbamates (subject to hydrolysis) is 1. The van der Waals surface area contributed by atoms with Gasteiger partial charge in [-0.25, -0.2) is 9.59 Å². The molecule has 16 heavy (non-hydrogen) atoms. The molecule has 0 aromatic carbocycles. The van der Waals surface area contributed by atoms with Crippen LogP contribution in [0.4, 0.5) is 4.79 Å². The van der Waals surface area contributed by atoms with E-state index in [1.165, 1.54) is 0 Å². The Morgan fingerprint density at radius 3 is 2.31 bits per heavy atom. The van der Waals surface area contributed by atoms with Crippen LogP contribution in [0.2, 0.25) is 0 Å². The maximum Gasteiger partial charge on any atom is 0.407 e. The Kier molecular flexibility index (Phi) is 5.56. The highest BCUT2D eigenvalue weighted by Crippen LogP contribution is 2.06. The monoisotopic (exact) mass is 229 g/mol. The van der Waals surface area contributed by atoms with Gasteiger partial charge < -0.3 is 14.8 Å². The normalized spacial score (nSPS) is 10.5. The Hall–Kier alpha value is -1.52. The first-order valence-corrected chi connectivity index (χ1v) is 5.08. The van der Waals surface area contributed by atoms with Crippen molar-refractivity contribution in [1.82, 2.24) is 5.32 Å². The molecule has 0 aliphatic rings. The highest BCUT2D eigenvalue weighted by molar-refractivity contribution is 5.88. The number of hydrogen-bond acceptors (Lipinski definition) is 4. The molecule has 0 saturated carbocycles. The zero-order valence-electron chi connectivity index (χ0n) is 10.3. The molecule has 1 amide bonds. The van der Waals surface area contributed by atoms with Gasteiger partial charge in [-0.1, -0.05) is 6.58 Å². The van der Waals surface area contributed by atoms with Crippen LogP contribution in [-0.2, 0) is 14.3 Å². The van der Waals surface area contributed by atoms with Crippen LogP contribution in [0.1, 0.15) is 27.7 Å². The van der Waals surface area contributed by atoms with Gasteiger partial charge in [0, 0.05) is 5.57 Å². The number of carbonyl (C=O) groups is 2. The van der Waals surface area contributed by atoms with E-state index in [-0.39, 0.29) is 18.7 Å². The molecule has 5 heteroatoms. The molecule has 0 spiro atoms. The van der Waals surface area contributed by atoms with Crippen molar-refractivity contribution >= 4 is 12.1 Å². The van der Waals surface area contributed by atoms with Crippen LogP contribution >= 0.6 is 0 Å². The lowest BCUT2D eigenvalue weighted by Crippen LogP contribution is -2.34. The van der Waals surface area contributed by atoms with E-state index < -0.39 is 17.7 Å². The Morgan fingerprint density at radius 1 is 1.31 bits per heavy atom. The summed E-state index contributed by atoms with van der Waals surface area (Å²) in [5.41, 5.74) is -0.372.